The maximum absolute atomic E-state index is 11.1. The number of nitrogens with two attached hydrogens (primary N) is 1. The van der Waals surface area contributed by atoms with Gasteiger partial charge in [0, 0.05) is 13.1 Å². The molecule has 0 unspecified atom stereocenters. The van der Waals surface area contributed by atoms with Crippen molar-refractivity contribution in [1.82, 2.24) is 0 Å². The molecule has 1 aliphatic heterocycles. The van der Waals surface area contributed by atoms with Crippen molar-refractivity contribution in [3.8, 4) is 0 Å². The lowest BCUT2D eigenvalue weighted by molar-refractivity contribution is 0.100. The van der Waals surface area contributed by atoms with Crippen LogP contribution in [0.4, 0.5) is 5.69 Å². The number of amides is 1. The molecule has 1 aliphatic rings. The summed E-state index contributed by atoms with van der Waals surface area (Å²) in [6.07, 6.45) is 2.38. The third kappa shape index (κ3) is 1.58. The normalized spacial score (nSPS) is 15.9. The van der Waals surface area contributed by atoms with Gasteiger partial charge in [0.15, 0.2) is 0 Å². The average molecular weight is 189 g/mol. The van der Waals surface area contributed by atoms with E-state index in [0.29, 0.717) is 5.56 Å². The van der Waals surface area contributed by atoms with Gasteiger partial charge < -0.3 is 10.6 Å². The van der Waals surface area contributed by atoms with Gasteiger partial charge in [-0.1, -0.05) is 12.1 Å². The number of primary amides is 1. The van der Waals surface area contributed by atoms with E-state index in [2.05, 4.69) is 11.0 Å². The highest BCUT2D eigenvalue weighted by atomic mass is 16.1. The van der Waals surface area contributed by atoms with Crippen molar-refractivity contribution in [2.45, 2.75) is 12.8 Å². The summed E-state index contributed by atoms with van der Waals surface area (Å²) in [6, 6.07) is 8.44. The molecule has 1 radical (unpaired) electrons. The summed E-state index contributed by atoms with van der Waals surface area (Å²) in [6.45, 7) is 2.02. The fourth-order valence-corrected chi connectivity index (χ4v) is 1.85. The van der Waals surface area contributed by atoms with Gasteiger partial charge in [0.2, 0.25) is 0 Å². The minimum absolute atomic E-state index is 0.396. The van der Waals surface area contributed by atoms with E-state index in [9.17, 15) is 4.79 Å². The first-order valence-corrected chi connectivity index (χ1v) is 4.84. The molecule has 1 saturated heterocycles. The summed E-state index contributed by atoms with van der Waals surface area (Å²) in [7, 11) is 0. The van der Waals surface area contributed by atoms with Gasteiger partial charge in [0.1, 0.15) is 0 Å². The number of nitrogens with zero attached hydrogens (tertiary/aromatic N) is 1. The van der Waals surface area contributed by atoms with Crippen LogP contribution in [-0.4, -0.2) is 19.0 Å². The number of hydrogen-bond acceptors (Lipinski definition) is 2. The second kappa shape index (κ2) is 3.70. The number of carbonyl (C=O) groups excluding carboxylic acids is 1. The molecule has 1 aromatic carbocycles. The summed E-state index contributed by atoms with van der Waals surface area (Å²) in [5, 5.41) is 0. The molecule has 1 fully saturated rings. The molecule has 0 saturated carbocycles. The fourth-order valence-electron chi connectivity index (χ4n) is 1.85. The summed E-state index contributed by atoms with van der Waals surface area (Å²) in [5.41, 5.74) is 6.72. The van der Waals surface area contributed by atoms with Crippen LogP contribution in [0.25, 0.3) is 0 Å². The van der Waals surface area contributed by atoms with Crippen LogP contribution in [0.1, 0.15) is 23.2 Å². The zero-order chi connectivity index (χ0) is 9.97. The number of anilines is 1. The number of hydrogen-bond donors (Lipinski definition) is 1. The van der Waals surface area contributed by atoms with Crippen LogP contribution in [0.5, 0.6) is 0 Å². The van der Waals surface area contributed by atoms with Gasteiger partial charge in [0.05, 0.1) is 11.3 Å². The lowest BCUT2D eigenvalue weighted by Gasteiger charge is -2.19. The van der Waals surface area contributed by atoms with Gasteiger partial charge in [-0.15, -0.1) is 0 Å². The first kappa shape index (κ1) is 9.06. The van der Waals surface area contributed by atoms with Crippen LogP contribution in [0.3, 0.4) is 0 Å². The summed E-state index contributed by atoms with van der Waals surface area (Å²) in [4.78, 5) is 13.3. The fraction of sp³-hybridized carbons (Fsp3) is 0.364. The molecular weight excluding hydrogens is 176 g/mol. The average Bonchev–Trinajstić information content (AvgIpc) is 2.70. The largest absolute Gasteiger partial charge is 0.371 e. The third-order valence-corrected chi connectivity index (χ3v) is 2.53. The molecule has 0 aliphatic carbocycles. The maximum atomic E-state index is 11.1. The van der Waals surface area contributed by atoms with Gasteiger partial charge in [-0.05, 0) is 25.0 Å². The van der Waals surface area contributed by atoms with Crippen LogP contribution in [0.2, 0.25) is 0 Å². The highest BCUT2D eigenvalue weighted by Gasteiger charge is 2.17. The highest BCUT2D eigenvalue weighted by Crippen LogP contribution is 2.23. The third-order valence-electron chi connectivity index (χ3n) is 2.53. The second-order valence-corrected chi connectivity index (χ2v) is 3.49. The standard InChI is InChI=1S/C11H13N2O/c12-11(14)9-5-1-2-6-10(9)13-7-3-4-8-13/h1-2,6H,3-4,7-8H2,(H2,12,14). The molecule has 0 spiro atoms. The molecule has 0 atom stereocenters. The summed E-state index contributed by atoms with van der Waals surface area (Å²) < 4.78 is 0. The van der Waals surface area contributed by atoms with Crippen LogP contribution in [0, 0.1) is 6.07 Å². The molecule has 14 heavy (non-hydrogen) atoms. The number of carbonyl (C=O) groups is 1. The number of rotatable bonds is 2. The van der Waals surface area contributed by atoms with Crippen molar-refractivity contribution in [3.63, 3.8) is 0 Å². The molecule has 3 heteroatoms. The van der Waals surface area contributed by atoms with Gasteiger partial charge in [-0.25, -0.2) is 0 Å². The van der Waals surface area contributed by atoms with E-state index >= 15 is 0 Å². The van der Waals surface area contributed by atoms with Gasteiger partial charge in [-0.2, -0.15) is 0 Å². The Morgan fingerprint density at radius 2 is 2.14 bits per heavy atom. The maximum Gasteiger partial charge on any atom is 0.251 e. The zero-order valence-electron chi connectivity index (χ0n) is 7.99. The molecular formula is C11H13N2O. The quantitative estimate of drug-likeness (QED) is 0.759. The molecule has 0 bridgehead atoms. The van der Waals surface area contributed by atoms with Crippen molar-refractivity contribution >= 4 is 11.6 Å². The molecule has 1 amide bonds. The van der Waals surface area contributed by atoms with E-state index in [0.717, 1.165) is 18.8 Å². The Labute approximate surface area is 83.5 Å². The molecule has 1 aromatic rings. The molecule has 73 valence electrons. The second-order valence-electron chi connectivity index (χ2n) is 3.49. The smallest absolute Gasteiger partial charge is 0.251 e. The topological polar surface area (TPSA) is 46.3 Å². The Balaban J connectivity index is 2.35. The van der Waals surface area contributed by atoms with E-state index in [1.54, 1.807) is 6.07 Å². The lowest BCUT2D eigenvalue weighted by atomic mass is 10.1. The van der Waals surface area contributed by atoms with Gasteiger partial charge >= 0.3 is 0 Å². The first-order valence-electron chi connectivity index (χ1n) is 4.84. The molecule has 2 N–H and O–H groups in total. The van der Waals surface area contributed by atoms with E-state index in [1.165, 1.54) is 12.8 Å². The van der Waals surface area contributed by atoms with Crippen molar-refractivity contribution < 1.29 is 4.79 Å². The summed E-state index contributed by atoms with van der Waals surface area (Å²) in [5.74, 6) is -0.396. The van der Waals surface area contributed by atoms with Crippen LogP contribution in [0.15, 0.2) is 18.2 Å². The van der Waals surface area contributed by atoms with E-state index < -0.39 is 5.91 Å². The van der Waals surface area contributed by atoms with Crippen LogP contribution in [-0.2, 0) is 0 Å². The first-order chi connectivity index (χ1) is 6.79. The van der Waals surface area contributed by atoms with E-state index in [-0.39, 0.29) is 0 Å². The minimum atomic E-state index is -0.396. The zero-order valence-corrected chi connectivity index (χ0v) is 7.99. The van der Waals surface area contributed by atoms with Crippen LogP contribution >= 0.6 is 0 Å². The van der Waals surface area contributed by atoms with E-state index in [1.807, 2.05) is 12.1 Å². The molecule has 1 heterocycles. The SMILES string of the molecule is NC(=O)c1[c]cccc1N1CCCC1. The monoisotopic (exact) mass is 189 g/mol. The Hall–Kier alpha value is -1.51. The van der Waals surface area contributed by atoms with E-state index in [4.69, 9.17) is 5.73 Å². The molecule has 2 rings (SSSR count). The predicted molar refractivity (Wildman–Crippen MR) is 55.2 cm³/mol. The van der Waals surface area contributed by atoms with Gasteiger partial charge in [0.25, 0.3) is 5.91 Å². The Morgan fingerprint density at radius 3 is 2.79 bits per heavy atom. The Bertz CT molecular complexity index is 343. The number of benzene rings is 1. The highest BCUT2D eigenvalue weighted by molar-refractivity contribution is 5.98. The van der Waals surface area contributed by atoms with Crippen molar-refractivity contribution in [3.05, 3.63) is 29.8 Å². The lowest BCUT2D eigenvalue weighted by Crippen LogP contribution is -2.22. The van der Waals surface area contributed by atoms with Gasteiger partial charge in [-0.3, -0.25) is 4.79 Å². The predicted octanol–water partition coefficient (Wildman–Crippen LogP) is 1.19. The molecule has 3 nitrogen and oxygen atoms in total. The van der Waals surface area contributed by atoms with Crippen molar-refractivity contribution in [2.24, 2.45) is 5.73 Å². The Kier molecular flexibility index (Phi) is 2.39. The minimum Gasteiger partial charge on any atom is -0.371 e. The van der Waals surface area contributed by atoms with Crippen molar-refractivity contribution in [1.29, 1.82) is 0 Å². The molecule has 0 aromatic heterocycles. The van der Waals surface area contributed by atoms with Crippen molar-refractivity contribution in [2.75, 3.05) is 18.0 Å². The summed E-state index contributed by atoms with van der Waals surface area (Å²) >= 11 is 0. The Morgan fingerprint density at radius 1 is 1.43 bits per heavy atom. The van der Waals surface area contributed by atoms with Crippen LogP contribution < -0.4 is 10.6 Å².